The monoisotopic (exact) mass is 259 g/mol. The van der Waals surface area contributed by atoms with Crippen LogP contribution in [-0.4, -0.2) is 23.9 Å². The third-order valence-electron chi connectivity index (χ3n) is 2.03. The first-order chi connectivity index (χ1) is 8.45. The fourth-order valence-corrected chi connectivity index (χ4v) is 1.25. The van der Waals surface area contributed by atoms with Gasteiger partial charge in [0, 0.05) is 6.07 Å². The lowest BCUT2D eigenvalue weighted by atomic mass is 10.2. The molecule has 1 aromatic rings. The van der Waals surface area contributed by atoms with Crippen molar-refractivity contribution in [3.05, 3.63) is 33.9 Å². The predicted molar refractivity (Wildman–Crippen MR) is 60.2 cm³/mol. The molecule has 1 amide bonds. The summed E-state index contributed by atoms with van der Waals surface area (Å²) in [6.07, 6.45) is 0. The summed E-state index contributed by atoms with van der Waals surface area (Å²) < 4.78 is 26.2. The highest BCUT2D eigenvalue weighted by atomic mass is 19.1. The lowest BCUT2D eigenvalue weighted by Crippen LogP contribution is -2.28. The van der Waals surface area contributed by atoms with E-state index in [1.807, 2.05) is 5.32 Å². The van der Waals surface area contributed by atoms with Crippen LogP contribution in [0.5, 0.6) is 0 Å². The Morgan fingerprint density at radius 2 is 2.11 bits per heavy atom. The Balaban J connectivity index is 3.00. The number of carbonyl (C=O) groups excluding carboxylic acids is 1. The van der Waals surface area contributed by atoms with Gasteiger partial charge in [0.1, 0.15) is 5.82 Å². The van der Waals surface area contributed by atoms with E-state index in [1.54, 1.807) is 6.92 Å². The summed E-state index contributed by atoms with van der Waals surface area (Å²) in [5.74, 6) is -2.92. The van der Waals surface area contributed by atoms with E-state index in [-0.39, 0.29) is 6.54 Å². The van der Waals surface area contributed by atoms with Crippen molar-refractivity contribution < 1.29 is 18.5 Å². The van der Waals surface area contributed by atoms with Crippen LogP contribution in [0.4, 0.5) is 20.2 Å². The van der Waals surface area contributed by atoms with Crippen LogP contribution < -0.4 is 10.6 Å². The van der Waals surface area contributed by atoms with E-state index in [4.69, 9.17) is 0 Å². The van der Waals surface area contributed by atoms with Crippen molar-refractivity contribution in [2.24, 2.45) is 0 Å². The van der Waals surface area contributed by atoms with Gasteiger partial charge in [-0.25, -0.2) is 8.78 Å². The van der Waals surface area contributed by atoms with Crippen LogP contribution in [0.3, 0.4) is 0 Å². The van der Waals surface area contributed by atoms with Crippen LogP contribution in [0, 0.1) is 21.7 Å². The molecule has 0 atom stereocenters. The molecule has 8 heteroatoms. The average molecular weight is 259 g/mol. The smallest absolute Gasteiger partial charge is 0.298 e. The second-order valence-corrected chi connectivity index (χ2v) is 3.37. The van der Waals surface area contributed by atoms with Gasteiger partial charge >= 0.3 is 0 Å². The Kier molecular flexibility index (Phi) is 4.67. The fraction of sp³-hybridized carbons (Fsp3) is 0.300. The molecule has 0 radical (unpaired) electrons. The highest BCUT2D eigenvalue weighted by Gasteiger charge is 2.21. The number of rotatable bonds is 5. The number of hydrogen-bond acceptors (Lipinski definition) is 4. The highest BCUT2D eigenvalue weighted by Crippen LogP contribution is 2.28. The lowest BCUT2D eigenvalue weighted by molar-refractivity contribution is -0.384. The molecular formula is C10H11F2N3O3. The van der Waals surface area contributed by atoms with Gasteiger partial charge in [-0.1, -0.05) is 6.92 Å². The van der Waals surface area contributed by atoms with E-state index in [0.717, 1.165) is 0 Å². The van der Waals surface area contributed by atoms with E-state index in [0.29, 0.717) is 18.7 Å². The van der Waals surface area contributed by atoms with E-state index in [1.165, 1.54) is 0 Å². The number of nitro benzene ring substituents is 1. The predicted octanol–water partition coefficient (Wildman–Crippen LogP) is 1.42. The number of benzene rings is 1. The lowest BCUT2D eigenvalue weighted by Gasteiger charge is -2.07. The molecule has 0 aliphatic heterocycles. The Bertz CT molecular complexity index is 480. The van der Waals surface area contributed by atoms with E-state index < -0.39 is 33.8 Å². The third kappa shape index (κ3) is 3.45. The van der Waals surface area contributed by atoms with Crippen molar-refractivity contribution in [1.29, 1.82) is 0 Å². The number of nitrogens with one attached hydrogen (secondary N) is 2. The first-order valence-electron chi connectivity index (χ1n) is 5.09. The van der Waals surface area contributed by atoms with Crippen molar-refractivity contribution >= 4 is 17.3 Å². The van der Waals surface area contributed by atoms with Crippen molar-refractivity contribution in [2.45, 2.75) is 6.92 Å². The molecule has 98 valence electrons. The largest absolute Gasteiger partial charge is 0.317 e. The summed E-state index contributed by atoms with van der Waals surface area (Å²) in [4.78, 5) is 21.0. The van der Waals surface area contributed by atoms with Gasteiger partial charge in [-0.15, -0.1) is 0 Å². The van der Waals surface area contributed by atoms with Crippen LogP contribution in [0.1, 0.15) is 6.92 Å². The Morgan fingerprint density at radius 3 is 2.67 bits per heavy atom. The van der Waals surface area contributed by atoms with Gasteiger partial charge in [-0.3, -0.25) is 14.9 Å². The van der Waals surface area contributed by atoms with Crippen molar-refractivity contribution in [3.8, 4) is 0 Å². The zero-order chi connectivity index (χ0) is 13.7. The van der Waals surface area contributed by atoms with Crippen molar-refractivity contribution in [3.63, 3.8) is 0 Å². The van der Waals surface area contributed by atoms with Gasteiger partial charge in [0.2, 0.25) is 5.91 Å². The molecule has 0 aliphatic carbocycles. The average Bonchev–Trinajstić information content (AvgIpc) is 2.29. The van der Waals surface area contributed by atoms with Gasteiger partial charge in [-0.2, -0.15) is 0 Å². The molecule has 0 fully saturated rings. The van der Waals surface area contributed by atoms with Crippen LogP contribution in [0.25, 0.3) is 0 Å². The van der Waals surface area contributed by atoms with Crippen molar-refractivity contribution in [2.75, 3.05) is 18.4 Å². The number of amides is 1. The first-order valence-corrected chi connectivity index (χ1v) is 5.09. The second kappa shape index (κ2) is 6.01. The molecule has 0 saturated carbocycles. The number of carbonyl (C=O) groups is 1. The maximum absolute atomic E-state index is 13.4. The first kappa shape index (κ1) is 14.0. The van der Waals surface area contributed by atoms with E-state index in [2.05, 4.69) is 5.32 Å². The summed E-state index contributed by atoms with van der Waals surface area (Å²) in [6.45, 7) is 2.15. The van der Waals surface area contributed by atoms with Gasteiger partial charge < -0.3 is 10.6 Å². The number of halogens is 2. The van der Waals surface area contributed by atoms with Gasteiger partial charge in [0.25, 0.3) is 5.69 Å². The zero-order valence-corrected chi connectivity index (χ0v) is 9.50. The summed E-state index contributed by atoms with van der Waals surface area (Å²) in [7, 11) is 0. The number of nitro groups is 1. The molecule has 0 heterocycles. The summed E-state index contributed by atoms with van der Waals surface area (Å²) in [5.41, 5.74) is -1.46. The molecular weight excluding hydrogens is 248 g/mol. The van der Waals surface area contributed by atoms with Gasteiger partial charge in [0.05, 0.1) is 17.5 Å². The quantitative estimate of drug-likeness (QED) is 0.618. The SMILES string of the molecule is CCNCC(=O)Nc1c(F)cc(F)cc1[N+](=O)[O-]. The van der Waals surface area contributed by atoms with Crippen LogP contribution in [-0.2, 0) is 4.79 Å². The molecule has 1 aromatic carbocycles. The molecule has 2 N–H and O–H groups in total. The van der Waals surface area contributed by atoms with Crippen LogP contribution in [0.2, 0.25) is 0 Å². The molecule has 0 unspecified atom stereocenters. The summed E-state index contributed by atoms with van der Waals surface area (Å²) in [6, 6.07) is 1.02. The fourth-order valence-electron chi connectivity index (χ4n) is 1.25. The molecule has 6 nitrogen and oxygen atoms in total. The summed E-state index contributed by atoms with van der Waals surface area (Å²) >= 11 is 0. The Morgan fingerprint density at radius 1 is 1.44 bits per heavy atom. The molecule has 0 aromatic heterocycles. The minimum absolute atomic E-state index is 0.121. The normalized spacial score (nSPS) is 10.2. The van der Waals surface area contributed by atoms with Gasteiger partial charge in [-0.05, 0) is 6.54 Å². The maximum atomic E-state index is 13.4. The van der Waals surface area contributed by atoms with Crippen molar-refractivity contribution in [1.82, 2.24) is 5.32 Å². The number of nitrogens with zero attached hydrogens (tertiary/aromatic N) is 1. The minimum atomic E-state index is -1.19. The minimum Gasteiger partial charge on any atom is -0.317 e. The standard InChI is InChI=1S/C10H11F2N3O3/c1-2-13-5-9(16)14-10-7(12)3-6(11)4-8(10)15(17)18/h3-4,13H,2,5H2,1H3,(H,14,16). The second-order valence-electron chi connectivity index (χ2n) is 3.37. The van der Waals surface area contributed by atoms with E-state index in [9.17, 15) is 23.7 Å². The van der Waals surface area contributed by atoms with Crippen LogP contribution >= 0.6 is 0 Å². The zero-order valence-electron chi connectivity index (χ0n) is 9.50. The number of hydrogen-bond donors (Lipinski definition) is 2. The Hall–Kier alpha value is -2.09. The number of anilines is 1. The molecule has 18 heavy (non-hydrogen) atoms. The molecule has 0 spiro atoms. The third-order valence-corrected chi connectivity index (χ3v) is 2.03. The number of likely N-dealkylation sites (N-methyl/N-ethyl adjacent to an activating group) is 1. The van der Waals surface area contributed by atoms with Gasteiger partial charge in [0.15, 0.2) is 11.5 Å². The molecule has 0 aliphatic rings. The molecule has 0 saturated heterocycles. The molecule has 1 rings (SSSR count). The maximum Gasteiger partial charge on any atom is 0.298 e. The van der Waals surface area contributed by atoms with E-state index >= 15 is 0 Å². The summed E-state index contributed by atoms with van der Waals surface area (Å²) in [5, 5.41) is 15.3. The Labute approximate surface area is 101 Å². The highest BCUT2D eigenvalue weighted by molar-refractivity contribution is 5.94. The molecule has 0 bridgehead atoms. The topological polar surface area (TPSA) is 84.3 Å². The van der Waals surface area contributed by atoms with Crippen LogP contribution in [0.15, 0.2) is 12.1 Å².